The van der Waals surface area contributed by atoms with E-state index in [9.17, 15) is 24.8 Å². The van der Waals surface area contributed by atoms with Gasteiger partial charge in [-0.1, -0.05) is 11.8 Å². The number of carbonyl (C=O) groups is 2. The summed E-state index contributed by atoms with van der Waals surface area (Å²) in [6, 6.07) is 10.4. The molecule has 174 valence electrons. The van der Waals surface area contributed by atoms with E-state index in [0.717, 1.165) is 4.90 Å². The number of aromatic hydroxyl groups is 1. The number of aromatic amines is 1. The topological polar surface area (TPSA) is 126 Å². The number of hydrogen-bond donors (Lipinski definition) is 2. The van der Waals surface area contributed by atoms with Gasteiger partial charge in [0.15, 0.2) is 3.95 Å². The fraction of sp³-hybridized carbons (Fsp3) is 0.227. The molecule has 5 rings (SSSR count). The number of nitro benzene ring substituents is 1. The fourth-order valence-corrected chi connectivity index (χ4v) is 7.32. The minimum atomic E-state index is -0.870. The molecule has 3 aromatic rings. The predicted molar refractivity (Wildman–Crippen MR) is 129 cm³/mol. The van der Waals surface area contributed by atoms with Gasteiger partial charge < -0.3 is 14.8 Å². The number of amides is 2. The van der Waals surface area contributed by atoms with E-state index in [4.69, 9.17) is 17.0 Å². The molecule has 1 saturated heterocycles. The Balaban J connectivity index is 1.63. The summed E-state index contributed by atoms with van der Waals surface area (Å²) in [4.78, 5) is 42.9. The van der Waals surface area contributed by atoms with Crippen LogP contribution in [-0.2, 0) is 9.59 Å². The molecule has 0 aliphatic carbocycles. The Labute approximate surface area is 206 Å². The van der Waals surface area contributed by atoms with Gasteiger partial charge in [0.05, 0.1) is 28.2 Å². The minimum Gasteiger partial charge on any atom is -0.508 e. The molecule has 3 unspecified atom stereocenters. The number of nitrogens with zero attached hydrogens (tertiary/aromatic N) is 2. The summed E-state index contributed by atoms with van der Waals surface area (Å²) < 4.78 is 5.90. The molecule has 9 nitrogen and oxygen atoms in total. The van der Waals surface area contributed by atoms with Crippen molar-refractivity contribution in [1.82, 2.24) is 4.98 Å². The Morgan fingerprint density at radius 1 is 1.21 bits per heavy atom. The Hall–Kier alpha value is -3.22. The van der Waals surface area contributed by atoms with Crippen molar-refractivity contribution in [2.24, 2.45) is 5.92 Å². The smallest absolute Gasteiger partial charge is 0.269 e. The van der Waals surface area contributed by atoms with Crippen molar-refractivity contribution in [3.63, 3.8) is 0 Å². The first-order valence-electron chi connectivity index (χ1n) is 10.3. The molecule has 1 aromatic heterocycles. The van der Waals surface area contributed by atoms with Crippen molar-refractivity contribution in [2.75, 3.05) is 11.5 Å². The molecule has 3 atom stereocenters. The number of rotatable bonds is 5. The van der Waals surface area contributed by atoms with Crippen LogP contribution >= 0.6 is 35.3 Å². The van der Waals surface area contributed by atoms with Crippen LogP contribution in [0.5, 0.6) is 11.5 Å². The van der Waals surface area contributed by atoms with E-state index in [1.807, 2.05) is 6.92 Å². The van der Waals surface area contributed by atoms with Gasteiger partial charge in [-0.3, -0.25) is 19.7 Å². The van der Waals surface area contributed by atoms with Crippen molar-refractivity contribution >= 4 is 58.5 Å². The molecule has 2 aromatic carbocycles. The van der Waals surface area contributed by atoms with Crippen LogP contribution in [0.1, 0.15) is 23.3 Å². The number of ether oxygens (including phenoxy) is 1. The first-order valence-corrected chi connectivity index (χ1v) is 12.4. The molecule has 0 saturated carbocycles. The lowest BCUT2D eigenvalue weighted by molar-refractivity contribution is -0.385. The number of aromatic nitrogens is 1. The second-order valence-electron chi connectivity index (χ2n) is 7.69. The first-order chi connectivity index (χ1) is 16.3. The van der Waals surface area contributed by atoms with Gasteiger partial charge in [0.25, 0.3) is 5.69 Å². The Kier molecular flexibility index (Phi) is 5.66. The van der Waals surface area contributed by atoms with Gasteiger partial charge in [-0.05, 0) is 49.5 Å². The van der Waals surface area contributed by atoms with E-state index in [1.165, 1.54) is 41.3 Å². The number of thiazole rings is 1. The molecule has 1 fully saturated rings. The molecular weight excluding hydrogens is 498 g/mol. The number of phenols is 1. The largest absolute Gasteiger partial charge is 0.508 e. The third kappa shape index (κ3) is 3.58. The summed E-state index contributed by atoms with van der Waals surface area (Å²) in [6.45, 7) is 2.34. The quantitative estimate of drug-likeness (QED) is 0.218. The number of nitrogens with one attached hydrogen (secondary N) is 1. The molecule has 0 bridgehead atoms. The van der Waals surface area contributed by atoms with Crippen LogP contribution in [0, 0.1) is 20.0 Å². The number of hydrogen-bond acceptors (Lipinski definition) is 9. The van der Waals surface area contributed by atoms with Crippen molar-refractivity contribution < 1.29 is 24.4 Å². The van der Waals surface area contributed by atoms with Gasteiger partial charge in [0, 0.05) is 28.5 Å². The van der Waals surface area contributed by atoms with Crippen LogP contribution in [0.25, 0.3) is 0 Å². The molecule has 2 aliphatic heterocycles. The van der Waals surface area contributed by atoms with E-state index < -0.39 is 33.8 Å². The maximum Gasteiger partial charge on any atom is 0.269 e. The van der Waals surface area contributed by atoms with E-state index in [0.29, 0.717) is 31.9 Å². The Morgan fingerprint density at radius 3 is 2.62 bits per heavy atom. The monoisotopic (exact) mass is 515 g/mol. The van der Waals surface area contributed by atoms with Gasteiger partial charge in [-0.25, -0.2) is 4.90 Å². The molecule has 0 radical (unpaired) electrons. The van der Waals surface area contributed by atoms with Crippen LogP contribution in [0.15, 0.2) is 47.5 Å². The zero-order chi connectivity index (χ0) is 24.1. The van der Waals surface area contributed by atoms with Crippen molar-refractivity contribution in [1.29, 1.82) is 0 Å². The van der Waals surface area contributed by atoms with E-state index >= 15 is 0 Å². The maximum atomic E-state index is 13.7. The number of thioether (sulfide) groups is 1. The number of benzene rings is 2. The molecule has 12 heteroatoms. The zero-order valence-electron chi connectivity index (χ0n) is 17.6. The number of anilines is 1. The highest BCUT2D eigenvalue weighted by molar-refractivity contribution is 8.01. The normalized spacial score (nSPS) is 21.3. The number of non-ortho nitro benzene ring substituents is 1. The van der Waals surface area contributed by atoms with Gasteiger partial charge in [-0.2, -0.15) is 0 Å². The molecule has 2 N–H and O–H groups in total. The van der Waals surface area contributed by atoms with Crippen molar-refractivity contribution in [3.05, 3.63) is 67.0 Å². The summed E-state index contributed by atoms with van der Waals surface area (Å²) in [7, 11) is 0. The Bertz CT molecular complexity index is 1380. The SMILES string of the molecule is CCOc1ccc(N2C(=O)C3Sc4[nH]c(=S)sc4C(c4cc([N+](=O)[O-])ccc4O)C3C2=O)cc1. The van der Waals surface area contributed by atoms with Gasteiger partial charge in [0.2, 0.25) is 11.8 Å². The molecule has 0 spiro atoms. The van der Waals surface area contributed by atoms with Gasteiger partial charge in [-0.15, -0.1) is 11.3 Å². The lowest BCUT2D eigenvalue weighted by atomic mass is 9.82. The first kappa shape index (κ1) is 22.6. The van der Waals surface area contributed by atoms with Gasteiger partial charge in [0.1, 0.15) is 16.7 Å². The summed E-state index contributed by atoms with van der Waals surface area (Å²) >= 11 is 7.75. The fourth-order valence-electron chi connectivity index (χ4n) is 4.37. The van der Waals surface area contributed by atoms with Crippen LogP contribution < -0.4 is 9.64 Å². The predicted octanol–water partition coefficient (Wildman–Crippen LogP) is 4.61. The average Bonchev–Trinajstić information content (AvgIpc) is 3.30. The maximum absolute atomic E-state index is 13.7. The third-order valence-electron chi connectivity index (χ3n) is 5.79. The molecule has 3 heterocycles. The summed E-state index contributed by atoms with van der Waals surface area (Å²) in [5.74, 6) is -2.05. The summed E-state index contributed by atoms with van der Waals surface area (Å²) in [5.41, 5.74) is 0.404. The molecule has 2 amide bonds. The van der Waals surface area contributed by atoms with E-state index in [1.54, 1.807) is 24.3 Å². The molecule has 2 aliphatic rings. The second kappa shape index (κ2) is 8.53. The standard InChI is InChI=1S/C22H17N3O6S3/c1-2-31-12-6-3-10(4-7-12)24-20(27)16-15(13-9-11(25(29)30)5-8-14(13)26)17-19(23-22(32)34-17)33-18(16)21(24)28/h3-9,15-16,18,26H,2H2,1H3,(H,23,32). The van der Waals surface area contributed by atoms with Crippen LogP contribution in [0.2, 0.25) is 0 Å². The third-order valence-corrected chi connectivity index (χ3v) is 8.54. The number of H-pyrrole nitrogens is 1. The number of imide groups is 1. The number of carbonyl (C=O) groups excluding carboxylic acids is 2. The minimum absolute atomic E-state index is 0.189. The number of phenolic OH excluding ortho intramolecular Hbond substituents is 1. The highest BCUT2D eigenvalue weighted by Crippen LogP contribution is 2.55. The lowest BCUT2D eigenvalue weighted by Gasteiger charge is -2.30. The van der Waals surface area contributed by atoms with Gasteiger partial charge >= 0.3 is 0 Å². The molecular formula is C22H17N3O6S3. The number of fused-ring (bicyclic) bond motifs is 2. The van der Waals surface area contributed by atoms with E-state index in [-0.39, 0.29) is 17.0 Å². The zero-order valence-corrected chi connectivity index (χ0v) is 20.0. The van der Waals surface area contributed by atoms with Crippen LogP contribution in [0.4, 0.5) is 11.4 Å². The van der Waals surface area contributed by atoms with Crippen molar-refractivity contribution in [2.45, 2.75) is 23.1 Å². The summed E-state index contributed by atoms with van der Waals surface area (Å²) in [6.07, 6.45) is 0. The average molecular weight is 516 g/mol. The van der Waals surface area contributed by atoms with Crippen LogP contribution in [-0.4, -0.2) is 38.7 Å². The highest BCUT2D eigenvalue weighted by atomic mass is 32.2. The molecule has 34 heavy (non-hydrogen) atoms. The summed E-state index contributed by atoms with van der Waals surface area (Å²) in [5, 5.41) is 21.9. The van der Waals surface area contributed by atoms with Crippen molar-refractivity contribution in [3.8, 4) is 11.5 Å². The Morgan fingerprint density at radius 2 is 1.94 bits per heavy atom. The second-order valence-corrected chi connectivity index (χ2v) is 10.6. The number of nitro groups is 1. The van der Waals surface area contributed by atoms with E-state index in [2.05, 4.69) is 4.98 Å². The van der Waals surface area contributed by atoms with Crippen LogP contribution in [0.3, 0.4) is 0 Å². The highest BCUT2D eigenvalue weighted by Gasteiger charge is 2.56. The lowest BCUT2D eigenvalue weighted by Crippen LogP contribution is -2.32.